The van der Waals surface area contributed by atoms with Crippen LogP contribution >= 0.6 is 18.5 Å². The number of aliphatic hydroxyl groups is 3. The molecule has 2 fully saturated rings. The van der Waals surface area contributed by atoms with Gasteiger partial charge in [0.15, 0.2) is 6.10 Å². The van der Waals surface area contributed by atoms with Gasteiger partial charge in [-0.25, -0.2) is 9.59 Å². The van der Waals surface area contributed by atoms with Crippen molar-refractivity contribution in [3.8, 4) is 0 Å². The van der Waals surface area contributed by atoms with Crippen molar-refractivity contribution in [3.05, 3.63) is 23.3 Å². The van der Waals surface area contributed by atoms with Crippen LogP contribution in [0.15, 0.2) is 23.3 Å². The Hall–Kier alpha value is -2.43. The lowest BCUT2D eigenvalue weighted by Gasteiger charge is -2.64. The molecule has 0 aromatic heterocycles. The largest absolute Gasteiger partial charge is 0.481 e. The molecule has 4 aliphatic carbocycles. The standard InChI is InChI=1S/C37H56O13P2/c1-18-25(49-33(44)29(43)23(16-27(41)42)22-11-7-8-12-22)17-37(46)31(50-34(45)52)24-14-21(10-9-13-47-19(2)38)15-26(40)36(24,6)32(51)30(48-20(3)39)28(18)35(37,4)5/h7,11,21-26,29-32,40,43,46H,8-10,12-17,51-52H2,1-6H3,(H,41,42). The molecule has 4 N–H and O–H groups in total. The molecule has 15 heteroatoms. The van der Waals surface area contributed by atoms with E-state index >= 15 is 0 Å². The number of carboxylic acid groups (broad SMARTS) is 1. The molecule has 0 aromatic rings. The molecule has 4 rings (SSSR count). The van der Waals surface area contributed by atoms with Gasteiger partial charge in [0.25, 0.3) is 0 Å². The molecule has 2 bridgehead atoms. The first kappa shape index (κ1) is 42.3. The zero-order valence-corrected chi connectivity index (χ0v) is 33.2. The van der Waals surface area contributed by atoms with Gasteiger partial charge in [0.1, 0.15) is 23.9 Å². The van der Waals surface area contributed by atoms with Gasteiger partial charge in [0.05, 0.1) is 19.1 Å². The number of esters is 3. The molecule has 292 valence electrons. The van der Waals surface area contributed by atoms with E-state index in [1.165, 1.54) is 13.8 Å². The molecule has 2 saturated carbocycles. The van der Waals surface area contributed by atoms with E-state index in [0.717, 1.165) is 0 Å². The molecule has 14 unspecified atom stereocenters. The van der Waals surface area contributed by atoms with Gasteiger partial charge in [-0.2, -0.15) is 0 Å². The highest BCUT2D eigenvalue weighted by Gasteiger charge is 2.69. The van der Waals surface area contributed by atoms with E-state index in [1.54, 1.807) is 26.8 Å². The van der Waals surface area contributed by atoms with E-state index in [4.69, 9.17) is 18.9 Å². The van der Waals surface area contributed by atoms with E-state index in [0.29, 0.717) is 49.7 Å². The molecule has 13 nitrogen and oxygen atoms in total. The Bertz CT molecular complexity index is 1460. The van der Waals surface area contributed by atoms with Gasteiger partial charge >= 0.3 is 29.6 Å². The van der Waals surface area contributed by atoms with E-state index < -0.39 is 100 Å². The van der Waals surface area contributed by atoms with Crippen molar-refractivity contribution >= 4 is 48.1 Å². The minimum atomic E-state index is -1.98. The van der Waals surface area contributed by atoms with Gasteiger partial charge in [0.2, 0.25) is 0 Å². The second-order valence-corrected chi connectivity index (χ2v) is 17.1. The molecule has 0 radical (unpaired) electrons. The van der Waals surface area contributed by atoms with Crippen LogP contribution in [-0.4, -0.2) is 98.4 Å². The second kappa shape index (κ2) is 16.5. The van der Waals surface area contributed by atoms with E-state index in [1.807, 2.05) is 22.2 Å². The summed E-state index contributed by atoms with van der Waals surface area (Å²) in [5.74, 6) is -5.39. The van der Waals surface area contributed by atoms with Crippen LogP contribution in [0.25, 0.3) is 0 Å². The van der Waals surface area contributed by atoms with Gasteiger partial charge in [0, 0.05) is 48.6 Å². The number of ether oxygens (including phenoxy) is 4. The van der Waals surface area contributed by atoms with Gasteiger partial charge in [-0.15, -0.1) is 9.24 Å². The molecular formula is C37H56O13P2. The third kappa shape index (κ3) is 8.29. The number of allylic oxidation sites excluding steroid dienone is 2. The Morgan fingerprint density at radius 3 is 2.27 bits per heavy atom. The number of carbonyl (C=O) groups is 5. The van der Waals surface area contributed by atoms with Crippen LogP contribution < -0.4 is 0 Å². The number of carbonyl (C=O) groups excluding carboxylic acids is 4. The Morgan fingerprint density at radius 2 is 1.71 bits per heavy atom. The van der Waals surface area contributed by atoms with E-state index in [2.05, 4.69) is 9.24 Å². The highest BCUT2D eigenvalue weighted by atomic mass is 31.0. The van der Waals surface area contributed by atoms with E-state index in [-0.39, 0.29) is 24.9 Å². The number of fused-ring (bicyclic) bond motifs is 3. The molecule has 0 heterocycles. The smallest absolute Gasteiger partial charge is 0.335 e. The van der Waals surface area contributed by atoms with E-state index in [9.17, 15) is 44.4 Å². The number of aliphatic carboxylic acids is 1. The first-order valence-corrected chi connectivity index (χ1v) is 19.3. The summed E-state index contributed by atoms with van der Waals surface area (Å²) in [6, 6.07) is 0. The molecule has 14 atom stereocenters. The fourth-order valence-electron chi connectivity index (χ4n) is 9.59. The van der Waals surface area contributed by atoms with Crippen molar-refractivity contribution in [2.75, 3.05) is 6.61 Å². The van der Waals surface area contributed by atoms with Crippen LogP contribution in [0, 0.1) is 34.5 Å². The van der Waals surface area contributed by atoms with Crippen LogP contribution in [0.2, 0.25) is 0 Å². The number of aliphatic hydroxyl groups excluding tert-OH is 2. The molecule has 4 aliphatic rings. The third-order valence-electron chi connectivity index (χ3n) is 12.5. The molecule has 0 spiro atoms. The number of rotatable bonds is 12. The Morgan fingerprint density at radius 1 is 1.04 bits per heavy atom. The molecule has 52 heavy (non-hydrogen) atoms. The van der Waals surface area contributed by atoms with Gasteiger partial charge in [-0.1, -0.05) is 32.9 Å². The summed E-state index contributed by atoms with van der Waals surface area (Å²) >= 11 is 0. The first-order valence-electron chi connectivity index (χ1n) is 18.1. The summed E-state index contributed by atoms with van der Waals surface area (Å²) in [5, 5.41) is 46.1. The lowest BCUT2D eigenvalue weighted by atomic mass is 9.47. The summed E-state index contributed by atoms with van der Waals surface area (Å²) in [7, 11) is 4.71. The minimum absolute atomic E-state index is 0.121. The summed E-state index contributed by atoms with van der Waals surface area (Å²) in [6.07, 6.45) is -0.266. The number of hydrogen-bond donors (Lipinski definition) is 4. The predicted octanol–water partition coefficient (Wildman–Crippen LogP) is 4.10. The Kier molecular flexibility index (Phi) is 13.4. The zero-order chi connectivity index (χ0) is 38.9. The van der Waals surface area contributed by atoms with Crippen molar-refractivity contribution < 1.29 is 63.3 Å². The van der Waals surface area contributed by atoms with Gasteiger partial charge in [-0.3, -0.25) is 14.4 Å². The van der Waals surface area contributed by atoms with Gasteiger partial charge in [-0.05, 0) is 77.7 Å². The summed E-state index contributed by atoms with van der Waals surface area (Å²) in [5.41, 5.74) is -4.91. The van der Waals surface area contributed by atoms with Crippen molar-refractivity contribution in [1.82, 2.24) is 0 Å². The summed E-state index contributed by atoms with van der Waals surface area (Å²) in [6.45, 7) is 9.83. The number of hydrogen-bond acceptors (Lipinski definition) is 12. The zero-order valence-electron chi connectivity index (χ0n) is 30.9. The van der Waals surface area contributed by atoms with Crippen LogP contribution in [0.1, 0.15) is 92.9 Å². The lowest BCUT2D eigenvalue weighted by molar-refractivity contribution is -0.228. The number of carboxylic acids is 1. The van der Waals surface area contributed by atoms with Crippen molar-refractivity contribution in [2.45, 2.75) is 135 Å². The molecule has 0 saturated heterocycles. The Balaban J connectivity index is 1.84. The van der Waals surface area contributed by atoms with Crippen LogP contribution in [0.4, 0.5) is 4.79 Å². The highest BCUT2D eigenvalue weighted by molar-refractivity contribution is 7.39. The van der Waals surface area contributed by atoms with Crippen LogP contribution in [-0.2, 0) is 38.1 Å². The molecular weight excluding hydrogens is 714 g/mol. The third-order valence-corrected chi connectivity index (χ3v) is 13.7. The van der Waals surface area contributed by atoms with Gasteiger partial charge < -0.3 is 39.4 Å². The summed E-state index contributed by atoms with van der Waals surface area (Å²) in [4.78, 5) is 62.6. The SMILES string of the molecule is CC(=O)OCCCC1CC(O)C2(C)C(P)C(OC(C)=O)C3=C(C)C(OC(=O)C(O)C(CC(=O)O)C4C=CCC4)CC(O)(C(OC(=O)P)C2C1)C3(C)C. The normalized spacial score (nSPS) is 36.4. The highest BCUT2D eigenvalue weighted by Crippen LogP contribution is 2.63. The second-order valence-electron chi connectivity index (χ2n) is 15.9. The molecule has 0 amide bonds. The predicted molar refractivity (Wildman–Crippen MR) is 195 cm³/mol. The molecule has 0 aliphatic heterocycles. The maximum Gasteiger partial charge on any atom is 0.335 e. The first-order chi connectivity index (χ1) is 24.2. The van der Waals surface area contributed by atoms with Crippen LogP contribution in [0.3, 0.4) is 0 Å². The van der Waals surface area contributed by atoms with Crippen molar-refractivity contribution in [3.63, 3.8) is 0 Å². The van der Waals surface area contributed by atoms with Crippen molar-refractivity contribution in [1.29, 1.82) is 0 Å². The lowest BCUT2D eigenvalue weighted by Crippen LogP contribution is -2.71. The Labute approximate surface area is 310 Å². The average Bonchev–Trinajstić information content (AvgIpc) is 3.58. The maximum atomic E-state index is 13.8. The fourth-order valence-corrected chi connectivity index (χ4v) is 10.5. The topological polar surface area (TPSA) is 203 Å². The quantitative estimate of drug-likeness (QED) is 0.0727. The van der Waals surface area contributed by atoms with Crippen LogP contribution in [0.5, 0.6) is 0 Å². The maximum absolute atomic E-state index is 13.8. The average molecular weight is 771 g/mol. The monoisotopic (exact) mass is 770 g/mol. The summed E-state index contributed by atoms with van der Waals surface area (Å²) < 4.78 is 23.3. The molecule has 0 aromatic carbocycles. The van der Waals surface area contributed by atoms with Crippen molar-refractivity contribution in [2.24, 2.45) is 34.5 Å². The fraction of sp³-hybridized carbons (Fsp3) is 0.757. The minimum Gasteiger partial charge on any atom is -0.481 e.